The van der Waals surface area contributed by atoms with Crippen molar-refractivity contribution in [1.29, 1.82) is 0 Å². The summed E-state index contributed by atoms with van der Waals surface area (Å²) < 4.78 is 0. The van der Waals surface area contributed by atoms with Crippen molar-refractivity contribution >= 4 is 16.8 Å². The number of pyridine rings is 1. The van der Waals surface area contributed by atoms with E-state index in [-0.39, 0.29) is 5.91 Å². The van der Waals surface area contributed by atoms with Crippen LogP contribution in [0.25, 0.3) is 10.9 Å². The van der Waals surface area contributed by atoms with E-state index >= 15 is 0 Å². The van der Waals surface area contributed by atoms with E-state index in [1.165, 1.54) is 12.8 Å². The molecule has 1 amide bonds. The summed E-state index contributed by atoms with van der Waals surface area (Å²) in [5.74, 6) is 0.903. The van der Waals surface area contributed by atoms with Gasteiger partial charge in [-0.25, -0.2) is 0 Å². The molecule has 0 atom stereocenters. The number of fused-ring (bicyclic) bond motifs is 2. The molecule has 1 aromatic heterocycles. The van der Waals surface area contributed by atoms with Crippen LogP contribution in [-0.4, -0.2) is 35.9 Å². The van der Waals surface area contributed by atoms with E-state index in [1.54, 1.807) is 0 Å². The van der Waals surface area contributed by atoms with Crippen molar-refractivity contribution in [3.8, 4) is 0 Å². The molecule has 2 aliphatic rings. The highest BCUT2D eigenvalue weighted by molar-refractivity contribution is 6.07. The molecule has 23 heavy (non-hydrogen) atoms. The lowest BCUT2D eigenvalue weighted by atomic mass is 9.95. The fourth-order valence-electron chi connectivity index (χ4n) is 3.47. The van der Waals surface area contributed by atoms with Crippen LogP contribution in [0.2, 0.25) is 0 Å². The molecule has 4 rings (SSSR count). The van der Waals surface area contributed by atoms with E-state index in [4.69, 9.17) is 4.98 Å². The first-order chi connectivity index (χ1) is 11.2. The highest BCUT2D eigenvalue weighted by atomic mass is 16.1. The quantitative estimate of drug-likeness (QED) is 0.944. The van der Waals surface area contributed by atoms with E-state index in [2.05, 4.69) is 17.3 Å². The first-order valence-electron chi connectivity index (χ1n) is 8.59. The topological polar surface area (TPSA) is 45.2 Å². The predicted octanol–water partition coefficient (Wildman–Crippen LogP) is 2.75. The Morgan fingerprint density at radius 2 is 2.17 bits per heavy atom. The normalized spacial score (nSPS) is 18.0. The number of para-hydroxylation sites is 1. The zero-order chi connectivity index (χ0) is 15.8. The molecule has 0 unspecified atom stereocenters. The SMILES string of the molecule is CN1CCc2nc3ccccc3c(C(=O)NCCC3CC3)c2C1. The minimum atomic E-state index is 0.0656. The smallest absolute Gasteiger partial charge is 0.252 e. The van der Waals surface area contributed by atoms with Gasteiger partial charge in [0.15, 0.2) is 0 Å². The molecule has 2 heterocycles. The molecule has 4 nitrogen and oxygen atoms in total. The summed E-state index contributed by atoms with van der Waals surface area (Å²) >= 11 is 0. The lowest BCUT2D eigenvalue weighted by Crippen LogP contribution is -2.32. The van der Waals surface area contributed by atoms with Crippen LogP contribution in [0.3, 0.4) is 0 Å². The fraction of sp³-hybridized carbons (Fsp3) is 0.474. The van der Waals surface area contributed by atoms with Crippen molar-refractivity contribution in [2.75, 3.05) is 20.1 Å². The van der Waals surface area contributed by atoms with Crippen molar-refractivity contribution in [2.45, 2.75) is 32.2 Å². The molecule has 0 radical (unpaired) electrons. The molecule has 0 spiro atoms. The summed E-state index contributed by atoms with van der Waals surface area (Å²) in [6, 6.07) is 8.01. The molecule has 1 aliphatic heterocycles. The van der Waals surface area contributed by atoms with E-state index < -0.39 is 0 Å². The van der Waals surface area contributed by atoms with E-state index in [1.807, 2.05) is 24.3 Å². The van der Waals surface area contributed by atoms with Crippen molar-refractivity contribution in [1.82, 2.24) is 15.2 Å². The lowest BCUT2D eigenvalue weighted by molar-refractivity contribution is 0.0952. The summed E-state index contributed by atoms with van der Waals surface area (Å²) in [6.07, 6.45) is 4.68. The number of carbonyl (C=O) groups is 1. The zero-order valence-electron chi connectivity index (χ0n) is 13.6. The number of hydrogen-bond donors (Lipinski definition) is 1. The van der Waals surface area contributed by atoms with Gasteiger partial charge in [0.2, 0.25) is 0 Å². The summed E-state index contributed by atoms with van der Waals surface area (Å²) in [6.45, 7) is 2.59. The van der Waals surface area contributed by atoms with Crippen LogP contribution < -0.4 is 5.32 Å². The third kappa shape index (κ3) is 2.95. The number of aromatic nitrogens is 1. The van der Waals surface area contributed by atoms with Gasteiger partial charge in [0, 0.05) is 42.7 Å². The third-order valence-corrected chi connectivity index (χ3v) is 5.00. The van der Waals surface area contributed by atoms with Gasteiger partial charge in [0.1, 0.15) is 0 Å². The number of rotatable bonds is 4. The lowest BCUT2D eigenvalue weighted by Gasteiger charge is -2.27. The minimum absolute atomic E-state index is 0.0656. The van der Waals surface area contributed by atoms with Crippen molar-refractivity contribution in [2.24, 2.45) is 5.92 Å². The van der Waals surface area contributed by atoms with E-state index in [0.717, 1.165) is 66.1 Å². The Balaban J connectivity index is 1.72. The first-order valence-corrected chi connectivity index (χ1v) is 8.59. The average molecular weight is 309 g/mol. The van der Waals surface area contributed by atoms with Gasteiger partial charge in [-0.05, 0) is 25.5 Å². The van der Waals surface area contributed by atoms with E-state index in [0.29, 0.717) is 0 Å². The van der Waals surface area contributed by atoms with Gasteiger partial charge < -0.3 is 10.2 Å². The van der Waals surface area contributed by atoms with E-state index in [9.17, 15) is 4.79 Å². The number of nitrogens with zero attached hydrogens (tertiary/aromatic N) is 2. The highest BCUT2D eigenvalue weighted by Gasteiger charge is 2.25. The first kappa shape index (κ1) is 14.6. The van der Waals surface area contributed by atoms with Gasteiger partial charge in [0.25, 0.3) is 5.91 Å². The largest absolute Gasteiger partial charge is 0.352 e. The van der Waals surface area contributed by atoms with Crippen LogP contribution in [0, 0.1) is 5.92 Å². The summed E-state index contributed by atoms with van der Waals surface area (Å²) in [5.41, 5.74) is 3.98. The number of benzene rings is 1. The Hall–Kier alpha value is -1.94. The fourth-order valence-corrected chi connectivity index (χ4v) is 3.47. The standard InChI is InChI=1S/C19H23N3O/c1-22-11-9-17-15(12-22)18(14-4-2-3-5-16(14)21-17)19(23)20-10-8-13-6-7-13/h2-5,13H,6-12H2,1H3,(H,20,23). The molecule has 1 fully saturated rings. The zero-order valence-corrected chi connectivity index (χ0v) is 13.6. The van der Waals surface area contributed by atoms with Crippen LogP contribution >= 0.6 is 0 Å². The predicted molar refractivity (Wildman–Crippen MR) is 91.5 cm³/mol. The number of hydrogen-bond acceptors (Lipinski definition) is 3. The second-order valence-electron chi connectivity index (χ2n) is 6.90. The van der Waals surface area contributed by atoms with Crippen molar-refractivity contribution in [3.63, 3.8) is 0 Å². The van der Waals surface area contributed by atoms with Crippen LogP contribution in [0.15, 0.2) is 24.3 Å². The van der Waals surface area contributed by atoms with Crippen molar-refractivity contribution in [3.05, 3.63) is 41.1 Å². The van der Waals surface area contributed by atoms with Gasteiger partial charge >= 0.3 is 0 Å². The van der Waals surface area contributed by atoms with Gasteiger partial charge in [-0.15, -0.1) is 0 Å². The summed E-state index contributed by atoms with van der Waals surface area (Å²) in [4.78, 5) is 20.0. The summed E-state index contributed by atoms with van der Waals surface area (Å²) in [7, 11) is 2.10. The number of carbonyl (C=O) groups excluding carboxylic acids is 1. The molecule has 2 aromatic rings. The van der Waals surface area contributed by atoms with Gasteiger partial charge in [-0.3, -0.25) is 9.78 Å². The molecule has 1 aromatic carbocycles. The Labute approximate surface area is 136 Å². The van der Waals surface area contributed by atoms with Crippen LogP contribution in [0.1, 0.15) is 40.9 Å². The van der Waals surface area contributed by atoms with Gasteiger partial charge in [-0.1, -0.05) is 31.0 Å². The van der Waals surface area contributed by atoms with Crippen LogP contribution in [0.4, 0.5) is 0 Å². The second-order valence-corrected chi connectivity index (χ2v) is 6.90. The Kier molecular flexibility index (Phi) is 3.77. The Morgan fingerprint density at radius 3 is 3.00 bits per heavy atom. The molecule has 1 N–H and O–H groups in total. The third-order valence-electron chi connectivity index (χ3n) is 5.00. The second kappa shape index (κ2) is 5.93. The monoisotopic (exact) mass is 309 g/mol. The maximum absolute atomic E-state index is 12.9. The molecule has 1 aliphatic carbocycles. The number of amides is 1. The molecule has 120 valence electrons. The average Bonchev–Trinajstić information content (AvgIpc) is 3.37. The maximum Gasteiger partial charge on any atom is 0.252 e. The Morgan fingerprint density at radius 1 is 1.35 bits per heavy atom. The van der Waals surface area contributed by atoms with Crippen molar-refractivity contribution < 1.29 is 4.79 Å². The minimum Gasteiger partial charge on any atom is -0.352 e. The number of nitrogens with one attached hydrogen (secondary N) is 1. The molecular weight excluding hydrogens is 286 g/mol. The maximum atomic E-state index is 12.9. The van der Waals surface area contributed by atoms with Crippen LogP contribution in [0.5, 0.6) is 0 Å². The van der Waals surface area contributed by atoms with Gasteiger partial charge in [-0.2, -0.15) is 0 Å². The highest BCUT2D eigenvalue weighted by Crippen LogP contribution is 2.32. The van der Waals surface area contributed by atoms with Crippen LogP contribution in [-0.2, 0) is 13.0 Å². The molecule has 0 saturated heterocycles. The molecule has 4 heteroatoms. The Bertz CT molecular complexity index is 752. The summed E-state index contributed by atoms with van der Waals surface area (Å²) in [5, 5.41) is 4.12. The molecular formula is C19H23N3O. The molecule has 1 saturated carbocycles. The van der Waals surface area contributed by atoms with Gasteiger partial charge in [0.05, 0.1) is 11.1 Å². The molecule has 0 bridgehead atoms. The number of likely N-dealkylation sites (N-methyl/N-ethyl adjacent to an activating group) is 1.